The summed E-state index contributed by atoms with van der Waals surface area (Å²) in [5, 5.41) is 10.1. The molecular weight excluding hydrogens is 214 g/mol. The van der Waals surface area contributed by atoms with Crippen LogP contribution in [0.15, 0.2) is 0 Å². The van der Waals surface area contributed by atoms with Crippen LogP contribution in [0.1, 0.15) is 20.8 Å². The normalized spacial score (nSPS) is 26.5. The van der Waals surface area contributed by atoms with Gasteiger partial charge < -0.3 is 5.11 Å². The summed E-state index contributed by atoms with van der Waals surface area (Å²) >= 11 is 0. The monoisotopic (exact) mass is 235 g/mol. The summed E-state index contributed by atoms with van der Waals surface area (Å²) in [7, 11) is -2.81. The molecule has 0 bridgehead atoms. The van der Waals surface area contributed by atoms with E-state index in [1.807, 2.05) is 18.7 Å². The maximum Gasteiger partial charge on any atom is 0.152 e. The predicted molar refractivity (Wildman–Crippen MR) is 60.6 cm³/mol. The zero-order valence-corrected chi connectivity index (χ0v) is 10.5. The molecule has 0 amide bonds. The van der Waals surface area contributed by atoms with Crippen molar-refractivity contribution in [2.45, 2.75) is 26.4 Å². The molecule has 0 aromatic heterocycles. The summed E-state index contributed by atoms with van der Waals surface area (Å²) in [6, 6.07) is 0. The van der Waals surface area contributed by atoms with Crippen LogP contribution in [-0.4, -0.2) is 55.2 Å². The summed E-state index contributed by atoms with van der Waals surface area (Å²) in [6.45, 7) is 7.40. The third-order valence-corrected chi connectivity index (χ3v) is 4.83. The number of hydrogen-bond donors (Lipinski definition) is 1. The minimum absolute atomic E-state index is 0.177. The molecule has 1 rings (SSSR count). The number of β-amino-alcohol motifs (C(OH)–C–C–N with tert-alkyl or cyclic N) is 1. The lowest BCUT2D eigenvalue weighted by Crippen LogP contribution is -2.49. The molecule has 0 radical (unpaired) electrons. The van der Waals surface area contributed by atoms with Crippen LogP contribution in [0.3, 0.4) is 0 Å². The number of nitrogens with zero attached hydrogens (tertiary/aromatic N) is 1. The quantitative estimate of drug-likeness (QED) is 0.755. The first kappa shape index (κ1) is 12.9. The molecule has 90 valence electrons. The van der Waals surface area contributed by atoms with Gasteiger partial charge in [0, 0.05) is 19.6 Å². The Balaban J connectivity index is 2.49. The molecule has 1 heterocycles. The largest absolute Gasteiger partial charge is 0.389 e. The Hall–Kier alpha value is -0.130. The topological polar surface area (TPSA) is 57.6 Å². The van der Waals surface area contributed by atoms with Crippen LogP contribution in [0.5, 0.6) is 0 Å². The third kappa shape index (κ3) is 3.74. The summed E-state index contributed by atoms with van der Waals surface area (Å²) < 4.78 is 22.4. The molecule has 1 fully saturated rings. The van der Waals surface area contributed by atoms with Gasteiger partial charge in [-0.3, -0.25) is 4.90 Å². The van der Waals surface area contributed by atoms with E-state index in [0.717, 1.165) is 0 Å². The highest BCUT2D eigenvalue weighted by Gasteiger charge is 2.30. The van der Waals surface area contributed by atoms with Crippen LogP contribution in [0.4, 0.5) is 0 Å². The molecule has 0 saturated carbocycles. The zero-order valence-electron chi connectivity index (χ0n) is 9.73. The van der Waals surface area contributed by atoms with E-state index < -0.39 is 15.4 Å². The van der Waals surface area contributed by atoms with Crippen molar-refractivity contribution in [3.63, 3.8) is 0 Å². The third-order valence-electron chi connectivity index (χ3n) is 3.22. The maximum absolute atomic E-state index is 11.2. The van der Waals surface area contributed by atoms with E-state index in [9.17, 15) is 13.5 Å². The molecule has 4 nitrogen and oxygen atoms in total. The Kier molecular flexibility index (Phi) is 3.79. The minimum atomic E-state index is -2.81. The fourth-order valence-corrected chi connectivity index (χ4v) is 2.82. The van der Waals surface area contributed by atoms with Crippen molar-refractivity contribution in [3.8, 4) is 0 Å². The highest BCUT2D eigenvalue weighted by molar-refractivity contribution is 7.91. The molecule has 1 N–H and O–H groups in total. The van der Waals surface area contributed by atoms with Crippen molar-refractivity contribution in [2.24, 2.45) is 5.92 Å². The molecule has 1 aliphatic heterocycles. The Labute approximate surface area is 92.2 Å². The van der Waals surface area contributed by atoms with Crippen LogP contribution >= 0.6 is 0 Å². The summed E-state index contributed by atoms with van der Waals surface area (Å²) in [5.41, 5.74) is -0.735. The molecule has 0 spiro atoms. The fraction of sp³-hybridized carbons (Fsp3) is 1.00. The molecule has 1 aliphatic rings. The van der Waals surface area contributed by atoms with Crippen LogP contribution < -0.4 is 0 Å². The van der Waals surface area contributed by atoms with E-state index in [1.165, 1.54) is 0 Å². The van der Waals surface area contributed by atoms with Crippen molar-refractivity contribution >= 4 is 9.84 Å². The molecule has 15 heavy (non-hydrogen) atoms. The standard InChI is InChI=1S/C10H21NO3S/c1-9(2)10(3,12)8-11-4-6-15(13,14)7-5-11/h9,12H,4-8H2,1-3H3. The van der Waals surface area contributed by atoms with Gasteiger partial charge in [-0.2, -0.15) is 0 Å². The molecule has 0 aromatic carbocycles. The highest BCUT2D eigenvalue weighted by atomic mass is 32.2. The molecule has 1 unspecified atom stereocenters. The van der Waals surface area contributed by atoms with Gasteiger partial charge in [-0.05, 0) is 12.8 Å². The molecule has 1 saturated heterocycles. The number of hydrogen-bond acceptors (Lipinski definition) is 4. The molecule has 0 aliphatic carbocycles. The second-order valence-corrected chi connectivity index (χ2v) is 7.24. The zero-order chi connectivity index (χ0) is 11.7. The van der Waals surface area contributed by atoms with E-state index in [4.69, 9.17) is 0 Å². The predicted octanol–water partition coefficient (Wildman–Crippen LogP) is 0.124. The Morgan fingerprint density at radius 2 is 1.80 bits per heavy atom. The van der Waals surface area contributed by atoms with Gasteiger partial charge >= 0.3 is 0 Å². The van der Waals surface area contributed by atoms with Crippen molar-refractivity contribution in [2.75, 3.05) is 31.1 Å². The van der Waals surface area contributed by atoms with Crippen molar-refractivity contribution < 1.29 is 13.5 Å². The van der Waals surface area contributed by atoms with Gasteiger partial charge in [0.05, 0.1) is 17.1 Å². The summed E-state index contributed by atoms with van der Waals surface area (Å²) in [4.78, 5) is 2.03. The van der Waals surface area contributed by atoms with E-state index in [1.54, 1.807) is 6.92 Å². The van der Waals surface area contributed by atoms with Crippen LogP contribution in [0.25, 0.3) is 0 Å². The summed E-state index contributed by atoms with van der Waals surface area (Å²) in [5.74, 6) is 0.624. The SMILES string of the molecule is CC(C)C(C)(O)CN1CCS(=O)(=O)CC1. The highest BCUT2D eigenvalue weighted by Crippen LogP contribution is 2.18. The average molecular weight is 235 g/mol. The maximum atomic E-state index is 11.2. The van der Waals surface area contributed by atoms with Crippen LogP contribution in [0, 0.1) is 5.92 Å². The second-order valence-electron chi connectivity index (χ2n) is 4.94. The minimum Gasteiger partial charge on any atom is -0.389 e. The lowest BCUT2D eigenvalue weighted by molar-refractivity contribution is -0.0169. The van der Waals surface area contributed by atoms with Crippen molar-refractivity contribution in [1.29, 1.82) is 0 Å². The molecule has 1 atom stereocenters. The number of sulfone groups is 1. The molecule has 0 aromatic rings. The van der Waals surface area contributed by atoms with Gasteiger partial charge in [-0.1, -0.05) is 13.8 Å². The number of rotatable bonds is 3. The molecular formula is C10H21NO3S. The molecule has 5 heteroatoms. The fourth-order valence-electron chi connectivity index (χ4n) is 1.54. The Bertz CT molecular complexity index is 295. The van der Waals surface area contributed by atoms with Gasteiger partial charge in [0.25, 0.3) is 0 Å². The van der Waals surface area contributed by atoms with Crippen LogP contribution in [0.2, 0.25) is 0 Å². The van der Waals surface area contributed by atoms with E-state index in [0.29, 0.717) is 19.6 Å². The van der Waals surface area contributed by atoms with Crippen LogP contribution in [-0.2, 0) is 9.84 Å². The van der Waals surface area contributed by atoms with E-state index in [-0.39, 0.29) is 17.4 Å². The lowest BCUT2D eigenvalue weighted by Gasteiger charge is -2.36. The van der Waals surface area contributed by atoms with Gasteiger partial charge in [-0.15, -0.1) is 0 Å². The lowest BCUT2D eigenvalue weighted by atomic mass is 9.92. The van der Waals surface area contributed by atoms with Crippen molar-refractivity contribution in [1.82, 2.24) is 4.90 Å². The van der Waals surface area contributed by atoms with Gasteiger partial charge in [0.2, 0.25) is 0 Å². The Morgan fingerprint density at radius 3 is 2.20 bits per heavy atom. The first-order valence-electron chi connectivity index (χ1n) is 5.38. The van der Waals surface area contributed by atoms with Gasteiger partial charge in [0.1, 0.15) is 0 Å². The smallest absolute Gasteiger partial charge is 0.152 e. The second kappa shape index (κ2) is 4.39. The van der Waals surface area contributed by atoms with E-state index in [2.05, 4.69) is 0 Å². The summed E-state index contributed by atoms with van der Waals surface area (Å²) in [6.07, 6.45) is 0. The Morgan fingerprint density at radius 1 is 1.33 bits per heavy atom. The number of aliphatic hydroxyl groups is 1. The van der Waals surface area contributed by atoms with E-state index >= 15 is 0 Å². The van der Waals surface area contributed by atoms with Gasteiger partial charge in [-0.25, -0.2) is 8.42 Å². The first-order valence-corrected chi connectivity index (χ1v) is 7.20. The average Bonchev–Trinajstić information content (AvgIpc) is 2.08. The van der Waals surface area contributed by atoms with Gasteiger partial charge in [0.15, 0.2) is 9.84 Å². The first-order chi connectivity index (χ1) is 6.73. The van der Waals surface area contributed by atoms with Crippen molar-refractivity contribution in [3.05, 3.63) is 0 Å².